The lowest BCUT2D eigenvalue weighted by atomic mass is 10.0. The molecule has 0 aliphatic carbocycles. The molecule has 5 aromatic rings. The third-order valence-corrected chi connectivity index (χ3v) is 7.99. The SMILES string of the molecule is Cc1noc(C)c1-c1ccc2nc(N3CCc4cnn(C)c4C3)nc(N3CCOCC3c3ccccc3)c2c1. The van der Waals surface area contributed by atoms with Crippen molar-refractivity contribution in [1.82, 2.24) is 24.9 Å². The Morgan fingerprint density at radius 3 is 2.69 bits per heavy atom. The summed E-state index contributed by atoms with van der Waals surface area (Å²) < 4.78 is 13.4. The van der Waals surface area contributed by atoms with Gasteiger partial charge in [-0.15, -0.1) is 0 Å². The van der Waals surface area contributed by atoms with Gasteiger partial charge in [-0.3, -0.25) is 4.68 Å². The first kappa shape index (κ1) is 23.8. The number of nitrogens with zero attached hydrogens (tertiary/aromatic N) is 7. The minimum Gasteiger partial charge on any atom is -0.377 e. The Labute approximate surface area is 227 Å². The van der Waals surface area contributed by atoms with Crippen molar-refractivity contribution < 1.29 is 9.26 Å². The molecule has 198 valence electrons. The Hall–Kier alpha value is -4.24. The monoisotopic (exact) mass is 521 g/mol. The lowest BCUT2D eigenvalue weighted by Gasteiger charge is -2.38. The van der Waals surface area contributed by atoms with E-state index in [-0.39, 0.29) is 6.04 Å². The van der Waals surface area contributed by atoms with Gasteiger partial charge >= 0.3 is 0 Å². The predicted molar refractivity (Wildman–Crippen MR) is 150 cm³/mol. The van der Waals surface area contributed by atoms with Crippen LogP contribution in [0, 0.1) is 13.8 Å². The van der Waals surface area contributed by atoms with Gasteiger partial charge in [0.05, 0.1) is 48.9 Å². The predicted octanol–water partition coefficient (Wildman–Crippen LogP) is 4.78. The van der Waals surface area contributed by atoms with Crippen molar-refractivity contribution in [1.29, 1.82) is 0 Å². The Bertz CT molecular complexity index is 1640. The van der Waals surface area contributed by atoms with Crippen molar-refractivity contribution in [3.8, 4) is 11.1 Å². The maximum atomic E-state index is 5.98. The highest BCUT2D eigenvalue weighted by Gasteiger charge is 2.30. The standard InChI is InChI=1S/C30H31N7O2/c1-19-28(20(2)39-34-19)22-9-10-25-24(15-22)29(37-13-14-38-18-27(37)21-7-5-4-6-8-21)33-30(32-25)36-12-11-23-16-31-35(3)26(23)17-36/h4-10,15-16,27H,11-14,17-18H2,1-3H3. The summed E-state index contributed by atoms with van der Waals surface area (Å²) >= 11 is 0. The van der Waals surface area contributed by atoms with Crippen LogP contribution in [0.5, 0.6) is 0 Å². The van der Waals surface area contributed by atoms with E-state index in [1.807, 2.05) is 31.8 Å². The average molecular weight is 522 g/mol. The second-order valence-corrected chi connectivity index (χ2v) is 10.4. The second-order valence-electron chi connectivity index (χ2n) is 10.4. The molecule has 39 heavy (non-hydrogen) atoms. The van der Waals surface area contributed by atoms with E-state index in [4.69, 9.17) is 19.2 Å². The molecular weight excluding hydrogens is 490 g/mol. The number of ether oxygens (including phenoxy) is 1. The first-order valence-corrected chi connectivity index (χ1v) is 13.5. The topological polar surface area (TPSA) is 85.3 Å². The zero-order chi connectivity index (χ0) is 26.5. The molecule has 0 saturated carbocycles. The fourth-order valence-corrected chi connectivity index (χ4v) is 5.93. The van der Waals surface area contributed by atoms with Gasteiger partial charge in [-0.05, 0) is 49.1 Å². The molecule has 7 rings (SSSR count). The molecule has 0 amide bonds. The molecule has 3 aromatic heterocycles. The number of aromatic nitrogens is 5. The van der Waals surface area contributed by atoms with Crippen LogP contribution in [0.2, 0.25) is 0 Å². The number of hydrogen-bond donors (Lipinski definition) is 0. The van der Waals surface area contributed by atoms with Gasteiger partial charge in [0.1, 0.15) is 11.6 Å². The largest absolute Gasteiger partial charge is 0.377 e. The lowest BCUT2D eigenvalue weighted by molar-refractivity contribution is 0.0939. The Morgan fingerprint density at radius 2 is 1.87 bits per heavy atom. The number of aryl methyl sites for hydroxylation is 3. The van der Waals surface area contributed by atoms with Crippen LogP contribution < -0.4 is 9.80 Å². The molecule has 1 saturated heterocycles. The minimum absolute atomic E-state index is 0.0543. The van der Waals surface area contributed by atoms with Gasteiger partial charge in [0.2, 0.25) is 5.95 Å². The summed E-state index contributed by atoms with van der Waals surface area (Å²) in [6.45, 7) is 7.52. The molecule has 1 unspecified atom stereocenters. The van der Waals surface area contributed by atoms with Crippen LogP contribution in [0.3, 0.4) is 0 Å². The fraction of sp³-hybridized carbons (Fsp3) is 0.333. The molecule has 5 heterocycles. The van der Waals surface area contributed by atoms with Gasteiger partial charge in [0, 0.05) is 31.1 Å². The quantitative estimate of drug-likeness (QED) is 0.334. The molecule has 9 nitrogen and oxygen atoms in total. The first-order chi connectivity index (χ1) is 19.1. The van der Waals surface area contributed by atoms with Gasteiger partial charge in [-0.2, -0.15) is 10.1 Å². The number of anilines is 2. The summed E-state index contributed by atoms with van der Waals surface area (Å²) in [6.07, 6.45) is 2.91. The van der Waals surface area contributed by atoms with Gasteiger partial charge in [-0.25, -0.2) is 4.98 Å². The van der Waals surface area contributed by atoms with E-state index in [1.54, 1.807) is 0 Å². The van der Waals surface area contributed by atoms with Gasteiger partial charge < -0.3 is 19.1 Å². The van der Waals surface area contributed by atoms with E-state index in [2.05, 4.69) is 68.6 Å². The van der Waals surface area contributed by atoms with Crippen LogP contribution in [0.4, 0.5) is 11.8 Å². The van der Waals surface area contributed by atoms with Crippen LogP contribution in [0.1, 0.15) is 34.3 Å². The van der Waals surface area contributed by atoms with Crippen LogP contribution in [-0.2, 0) is 24.8 Å². The van der Waals surface area contributed by atoms with Crippen LogP contribution >= 0.6 is 0 Å². The molecule has 2 aliphatic rings. The Morgan fingerprint density at radius 1 is 1.00 bits per heavy atom. The maximum absolute atomic E-state index is 5.98. The van der Waals surface area contributed by atoms with E-state index in [0.29, 0.717) is 13.2 Å². The molecule has 0 spiro atoms. The van der Waals surface area contributed by atoms with E-state index >= 15 is 0 Å². The number of morpholine rings is 1. The summed E-state index contributed by atoms with van der Waals surface area (Å²) in [5.41, 5.74) is 7.60. The minimum atomic E-state index is 0.0543. The molecule has 0 radical (unpaired) electrons. The zero-order valence-corrected chi connectivity index (χ0v) is 22.5. The highest BCUT2D eigenvalue weighted by atomic mass is 16.5. The third kappa shape index (κ3) is 4.13. The van der Waals surface area contributed by atoms with Crippen molar-refractivity contribution in [3.05, 3.63) is 83.0 Å². The van der Waals surface area contributed by atoms with Gasteiger partial charge in [0.25, 0.3) is 0 Å². The van der Waals surface area contributed by atoms with Crippen LogP contribution in [-0.4, -0.2) is 51.2 Å². The molecule has 0 N–H and O–H groups in total. The lowest BCUT2D eigenvalue weighted by Crippen LogP contribution is -2.40. The van der Waals surface area contributed by atoms with Crippen LogP contribution in [0.15, 0.2) is 59.3 Å². The molecule has 2 aromatic carbocycles. The van der Waals surface area contributed by atoms with E-state index in [1.165, 1.54) is 16.8 Å². The van der Waals surface area contributed by atoms with Crippen molar-refractivity contribution >= 4 is 22.7 Å². The van der Waals surface area contributed by atoms with Gasteiger partial charge in [-0.1, -0.05) is 41.6 Å². The molecule has 2 aliphatic heterocycles. The zero-order valence-electron chi connectivity index (χ0n) is 22.5. The summed E-state index contributed by atoms with van der Waals surface area (Å²) in [6, 6.07) is 17.0. The Kier molecular flexibility index (Phi) is 5.81. The summed E-state index contributed by atoms with van der Waals surface area (Å²) in [5, 5.41) is 9.67. The van der Waals surface area contributed by atoms with E-state index < -0.39 is 0 Å². The molecule has 9 heteroatoms. The maximum Gasteiger partial charge on any atom is 0.228 e. The second kappa shape index (κ2) is 9.50. The number of fused-ring (bicyclic) bond motifs is 2. The number of benzene rings is 2. The number of hydrogen-bond acceptors (Lipinski definition) is 8. The third-order valence-electron chi connectivity index (χ3n) is 7.99. The van der Waals surface area contributed by atoms with Crippen molar-refractivity contribution in [3.63, 3.8) is 0 Å². The molecule has 0 bridgehead atoms. The van der Waals surface area contributed by atoms with E-state index in [9.17, 15) is 0 Å². The molecular formula is C30H31N7O2. The van der Waals surface area contributed by atoms with Crippen LogP contribution in [0.25, 0.3) is 22.0 Å². The highest BCUT2D eigenvalue weighted by Crippen LogP contribution is 2.38. The molecule has 1 fully saturated rings. The fourth-order valence-electron chi connectivity index (χ4n) is 5.93. The number of rotatable bonds is 4. The van der Waals surface area contributed by atoms with Crippen molar-refractivity contribution in [2.24, 2.45) is 7.05 Å². The first-order valence-electron chi connectivity index (χ1n) is 13.5. The summed E-state index contributed by atoms with van der Waals surface area (Å²) in [4.78, 5) is 15.1. The van der Waals surface area contributed by atoms with Gasteiger partial charge in [0.15, 0.2) is 0 Å². The van der Waals surface area contributed by atoms with Crippen molar-refractivity contribution in [2.75, 3.05) is 36.1 Å². The Balaban J connectivity index is 1.39. The summed E-state index contributed by atoms with van der Waals surface area (Å²) in [5.74, 6) is 2.48. The highest BCUT2D eigenvalue weighted by molar-refractivity contribution is 5.94. The normalized spacial score (nSPS) is 17.6. The smallest absolute Gasteiger partial charge is 0.228 e. The molecule has 1 atom stereocenters. The average Bonchev–Trinajstić information content (AvgIpc) is 3.52. The van der Waals surface area contributed by atoms with E-state index in [0.717, 1.165) is 71.3 Å². The van der Waals surface area contributed by atoms with Crippen molar-refractivity contribution in [2.45, 2.75) is 32.9 Å². The summed E-state index contributed by atoms with van der Waals surface area (Å²) in [7, 11) is 2.00.